The van der Waals surface area contributed by atoms with Crippen LogP contribution in [0.25, 0.3) is 0 Å². The highest BCUT2D eigenvalue weighted by molar-refractivity contribution is 6.04. The fourth-order valence-electron chi connectivity index (χ4n) is 10.2. The molecule has 0 heterocycles. The van der Waals surface area contributed by atoms with Gasteiger partial charge in [-0.25, -0.2) is 4.79 Å². The van der Waals surface area contributed by atoms with Crippen molar-refractivity contribution in [2.75, 3.05) is 14.1 Å². The number of nitriles is 1. The Labute approximate surface area is 234 Å². The molecule has 0 aromatic rings. The Morgan fingerprint density at radius 3 is 2.26 bits per heavy atom. The zero-order chi connectivity index (χ0) is 29.0. The van der Waals surface area contributed by atoms with Gasteiger partial charge in [0.25, 0.3) is 0 Å². The number of ketones is 2. The van der Waals surface area contributed by atoms with Gasteiger partial charge in [-0.2, -0.15) is 5.26 Å². The second-order valence-electron chi connectivity index (χ2n) is 15.7. The summed E-state index contributed by atoms with van der Waals surface area (Å²) in [5.41, 5.74) is -0.658. The third kappa shape index (κ3) is 3.60. The van der Waals surface area contributed by atoms with E-state index in [1.807, 2.05) is 26.0 Å². The Morgan fingerprint density at radius 2 is 1.64 bits per heavy atom. The summed E-state index contributed by atoms with van der Waals surface area (Å²) < 4.78 is 0. The molecular weight excluding hydrogens is 486 g/mol. The normalized spacial score (nSPS) is 43.8. The van der Waals surface area contributed by atoms with E-state index in [1.54, 1.807) is 19.0 Å². The van der Waals surface area contributed by atoms with Crippen molar-refractivity contribution >= 4 is 17.6 Å². The van der Waals surface area contributed by atoms with Gasteiger partial charge in [0.2, 0.25) is 0 Å². The number of urea groups is 1. The van der Waals surface area contributed by atoms with Crippen LogP contribution < -0.4 is 5.32 Å². The van der Waals surface area contributed by atoms with E-state index in [9.17, 15) is 19.6 Å². The van der Waals surface area contributed by atoms with Gasteiger partial charge in [-0.05, 0) is 79.1 Å². The van der Waals surface area contributed by atoms with Crippen LogP contribution in [0.3, 0.4) is 0 Å². The van der Waals surface area contributed by atoms with E-state index in [0.29, 0.717) is 0 Å². The molecule has 1 N–H and O–H groups in total. The Kier molecular flexibility index (Phi) is 5.99. The first-order chi connectivity index (χ1) is 17.9. The van der Waals surface area contributed by atoms with Crippen molar-refractivity contribution in [1.82, 2.24) is 10.2 Å². The highest BCUT2D eigenvalue weighted by atomic mass is 16.2. The number of carbonyl (C=O) groups is 3. The molecule has 0 aromatic heterocycles. The minimum absolute atomic E-state index is 0.0394. The molecule has 2 amide bonds. The lowest BCUT2D eigenvalue weighted by atomic mass is 9.35. The molecule has 0 saturated heterocycles. The molecule has 5 rings (SSSR count). The van der Waals surface area contributed by atoms with E-state index < -0.39 is 10.8 Å². The van der Waals surface area contributed by atoms with Crippen molar-refractivity contribution in [2.24, 2.45) is 44.8 Å². The maximum absolute atomic E-state index is 14.5. The molecule has 0 bridgehead atoms. The average molecular weight is 534 g/mol. The number of nitrogens with zero attached hydrogens (tertiary/aromatic N) is 2. The van der Waals surface area contributed by atoms with E-state index in [1.165, 1.54) is 0 Å². The van der Waals surface area contributed by atoms with Crippen molar-refractivity contribution in [3.8, 4) is 6.07 Å². The largest absolute Gasteiger partial charge is 0.332 e. The zero-order valence-electron chi connectivity index (χ0n) is 25.5. The number of rotatable bonds is 1. The van der Waals surface area contributed by atoms with Crippen LogP contribution in [0.1, 0.15) is 93.4 Å². The molecule has 5 aliphatic carbocycles. The standard InChI is InChI=1S/C33H47N3O3/c1-28(2)12-14-33(35-27(39)36(8)9)15-13-32(7)25(21(33)18-28)22(37)16-24-30(5)17-20(19-34)26(38)29(3,4)23(30)10-11-31(24,32)6/h16-17,21,23,25H,10-15,18H2,1-9H3,(H,35,39)/t21-,23-,25-,30+,31-,32+,33+/m0/s1. The summed E-state index contributed by atoms with van der Waals surface area (Å²) in [6, 6.07) is 2.11. The third-order valence-electron chi connectivity index (χ3n) is 12.6. The van der Waals surface area contributed by atoms with Crippen LogP contribution >= 0.6 is 0 Å². The molecule has 0 unspecified atom stereocenters. The number of hydrogen-bond donors (Lipinski definition) is 1. The van der Waals surface area contributed by atoms with E-state index in [0.717, 1.165) is 50.5 Å². The number of amides is 2. The van der Waals surface area contributed by atoms with E-state index in [-0.39, 0.29) is 62.7 Å². The van der Waals surface area contributed by atoms with Gasteiger partial charge >= 0.3 is 6.03 Å². The number of nitrogens with one attached hydrogen (secondary N) is 1. The molecule has 212 valence electrons. The number of allylic oxidation sites excluding steroid dienone is 4. The summed E-state index contributed by atoms with van der Waals surface area (Å²) in [5.74, 6) is 0.00860. The summed E-state index contributed by atoms with van der Waals surface area (Å²) in [6.45, 7) is 15.4. The van der Waals surface area contributed by atoms with Gasteiger partial charge < -0.3 is 10.2 Å². The molecule has 5 aliphatic rings. The van der Waals surface area contributed by atoms with Crippen LogP contribution in [-0.4, -0.2) is 42.1 Å². The summed E-state index contributed by atoms with van der Waals surface area (Å²) >= 11 is 0. The molecule has 0 spiro atoms. The van der Waals surface area contributed by atoms with Gasteiger partial charge in [-0.3, -0.25) is 9.59 Å². The molecule has 0 aliphatic heterocycles. The molecular formula is C33H47N3O3. The van der Waals surface area contributed by atoms with Gasteiger partial charge in [0.05, 0.1) is 5.57 Å². The number of fused-ring (bicyclic) bond motifs is 7. The lowest BCUT2D eigenvalue weighted by Crippen LogP contribution is -2.70. The summed E-state index contributed by atoms with van der Waals surface area (Å²) in [5, 5.41) is 13.3. The Morgan fingerprint density at radius 1 is 1.00 bits per heavy atom. The Hall–Kier alpha value is -2.42. The number of hydrogen-bond acceptors (Lipinski definition) is 4. The van der Waals surface area contributed by atoms with Crippen molar-refractivity contribution in [2.45, 2.75) is 99.0 Å². The zero-order valence-corrected chi connectivity index (χ0v) is 25.5. The first-order valence-electron chi connectivity index (χ1n) is 14.8. The maximum Gasteiger partial charge on any atom is 0.317 e. The maximum atomic E-state index is 14.5. The van der Waals surface area contributed by atoms with Crippen LogP contribution in [0, 0.1) is 56.2 Å². The minimum Gasteiger partial charge on any atom is -0.332 e. The second kappa shape index (κ2) is 8.30. The second-order valence-corrected chi connectivity index (χ2v) is 15.7. The highest BCUT2D eigenvalue weighted by Gasteiger charge is 2.70. The van der Waals surface area contributed by atoms with Gasteiger partial charge in [0.1, 0.15) is 6.07 Å². The van der Waals surface area contributed by atoms with Gasteiger partial charge in [-0.15, -0.1) is 0 Å². The molecule has 6 nitrogen and oxygen atoms in total. The molecule has 3 fully saturated rings. The summed E-state index contributed by atoms with van der Waals surface area (Å²) in [7, 11) is 3.56. The van der Waals surface area contributed by atoms with E-state index in [2.05, 4.69) is 46.0 Å². The first kappa shape index (κ1) is 28.1. The van der Waals surface area contributed by atoms with Crippen LogP contribution in [-0.2, 0) is 9.59 Å². The van der Waals surface area contributed by atoms with Crippen LogP contribution in [0.5, 0.6) is 0 Å². The molecule has 7 atom stereocenters. The Bertz CT molecular complexity index is 1250. The predicted octanol–water partition coefficient (Wildman–Crippen LogP) is 6.23. The number of Topliss-reactive ketones (excluding diaryl/α,β-unsaturated/α-hetero) is 1. The molecule has 39 heavy (non-hydrogen) atoms. The highest BCUT2D eigenvalue weighted by Crippen LogP contribution is 2.73. The average Bonchev–Trinajstić information content (AvgIpc) is 2.83. The van der Waals surface area contributed by atoms with Crippen LogP contribution in [0.4, 0.5) is 4.79 Å². The summed E-state index contributed by atoms with van der Waals surface area (Å²) in [6.07, 6.45) is 10.2. The third-order valence-corrected chi connectivity index (χ3v) is 12.6. The molecule has 0 radical (unpaired) electrons. The predicted molar refractivity (Wildman–Crippen MR) is 151 cm³/mol. The van der Waals surface area contributed by atoms with Crippen molar-refractivity contribution in [3.05, 3.63) is 23.3 Å². The summed E-state index contributed by atoms with van der Waals surface area (Å²) in [4.78, 5) is 42.4. The fraction of sp³-hybridized carbons (Fsp3) is 0.758. The first-order valence-corrected chi connectivity index (χ1v) is 14.8. The Balaban J connectivity index is 1.67. The topological polar surface area (TPSA) is 90.3 Å². The van der Waals surface area contributed by atoms with Crippen molar-refractivity contribution in [1.29, 1.82) is 5.26 Å². The van der Waals surface area contributed by atoms with Crippen molar-refractivity contribution in [3.63, 3.8) is 0 Å². The van der Waals surface area contributed by atoms with E-state index in [4.69, 9.17) is 0 Å². The fourth-order valence-corrected chi connectivity index (χ4v) is 10.2. The van der Waals surface area contributed by atoms with Crippen LogP contribution in [0.15, 0.2) is 23.3 Å². The molecule has 6 heteroatoms. The van der Waals surface area contributed by atoms with Gasteiger partial charge in [0.15, 0.2) is 11.6 Å². The smallest absolute Gasteiger partial charge is 0.317 e. The SMILES string of the molecule is CN(C)C(=O)N[C@@]12CCC(C)(C)C[C@H]1[C@H]1C(=O)C=C3[C@]4(C)C=C(C#N)C(=O)C(C)(C)[C@@H]4CC[C@]3(C)[C@]1(C)CC2. The van der Waals surface area contributed by atoms with Crippen LogP contribution in [0.2, 0.25) is 0 Å². The lowest BCUT2D eigenvalue weighted by molar-refractivity contribution is -0.160. The quantitative estimate of drug-likeness (QED) is 0.433. The monoisotopic (exact) mass is 533 g/mol. The minimum atomic E-state index is -0.664. The lowest BCUT2D eigenvalue weighted by Gasteiger charge is -2.69. The van der Waals surface area contributed by atoms with Gasteiger partial charge in [-0.1, -0.05) is 60.1 Å². The van der Waals surface area contributed by atoms with E-state index >= 15 is 0 Å². The molecule has 3 saturated carbocycles. The van der Waals surface area contributed by atoms with Gasteiger partial charge in [0, 0.05) is 36.4 Å². The molecule has 0 aromatic carbocycles. The number of carbonyl (C=O) groups excluding carboxylic acids is 3. The van der Waals surface area contributed by atoms with Crippen molar-refractivity contribution < 1.29 is 14.4 Å².